The molecule has 2 N–H and O–H groups in total. The van der Waals surface area contributed by atoms with E-state index in [0.717, 1.165) is 6.42 Å². The molecule has 1 heterocycles. The molecule has 1 saturated heterocycles. The third-order valence-electron chi connectivity index (χ3n) is 4.24. The molecule has 2 aliphatic carbocycles. The second kappa shape index (κ2) is 3.63. The fraction of sp³-hybridized carbons (Fsp3) is 0.727. The summed E-state index contributed by atoms with van der Waals surface area (Å²) >= 11 is -2.42. The predicted molar refractivity (Wildman–Crippen MR) is 60.7 cm³/mol. The number of carbonyl (C=O) groups is 1. The van der Waals surface area contributed by atoms with E-state index in [4.69, 9.17) is 4.74 Å². The summed E-state index contributed by atoms with van der Waals surface area (Å²) in [4.78, 5) is 11.7. The smallest absolute Gasteiger partial charge is 0.337 e. The van der Waals surface area contributed by atoms with Crippen LogP contribution >= 0.6 is 0 Å². The molecule has 7 heteroatoms. The lowest BCUT2D eigenvalue weighted by Crippen LogP contribution is -2.53. The number of carbonyl (C=O) groups excluding carboxylic acids is 1. The first-order valence-corrected chi connectivity index (χ1v) is 6.96. The van der Waals surface area contributed by atoms with Gasteiger partial charge in [0.05, 0.1) is 5.57 Å². The number of ether oxygens (including phenoxy) is 1. The Morgan fingerprint density at radius 1 is 1.61 bits per heavy atom. The first-order valence-electron chi connectivity index (χ1n) is 5.89. The van der Waals surface area contributed by atoms with Crippen LogP contribution < -0.4 is 4.72 Å². The van der Waals surface area contributed by atoms with E-state index in [1.807, 2.05) is 0 Å². The van der Waals surface area contributed by atoms with Crippen LogP contribution in [0, 0.1) is 5.92 Å². The largest absolute Gasteiger partial charge is 0.760 e. The molecule has 100 valence electrons. The summed E-state index contributed by atoms with van der Waals surface area (Å²) in [6.45, 7) is 1.70. The Balaban J connectivity index is 2.05. The first-order chi connectivity index (χ1) is 8.35. The summed E-state index contributed by atoms with van der Waals surface area (Å²) in [5, 5.41) is 10.7. The molecule has 3 aliphatic rings. The van der Waals surface area contributed by atoms with Crippen molar-refractivity contribution in [2.24, 2.45) is 5.92 Å². The monoisotopic (exact) mass is 272 g/mol. The summed E-state index contributed by atoms with van der Waals surface area (Å²) in [5.41, 5.74) is -1.85. The minimum absolute atomic E-state index is 0.144. The zero-order valence-corrected chi connectivity index (χ0v) is 10.7. The van der Waals surface area contributed by atoms with Crippen molar-refractivity contribution in [3.05, 3.63) is 11.6 Å². The third-order valence-corrected chi connectivity index (χ3v) is 4.87. The third kappa shape index (κ3) is 1.51. The Kier molecular flexibility index (Phi) is 2.48. The maximum atomic E-state index is 11.7. The predicted octanol–water partition coefficient (Wildman–Crippen LogP) is -0.475. The van der Waals surface area contributed by atoms with Crippen LogP contribution in [-0.4, -0.2) is 37.1 Å². The molecular formula is C11H14NO5S-. The zero-order chi connectivity index (χ0) is 13.1. The standard InChI is InChI=1S/C11H15NO5S/c1-10(12-18(15)16)4-6-2-3-8-11(6,14)7(5-10)9(13)17-8/h5-6,8,12,14H,2-4H2,1H3,(H,15,16)/p-1/t6?,8-,10-,11+/m1/s1. The molecule has 6 nitrogen and oxygen atoms in total. The van der Waals surface area contributed by atoms with Gasteiger partial charge in [-0.25, -0.2) is 9.52 Å². The molecule has 3 rings (SSSR count). The van der Waals surface area contributed by atoms with E-state index in [0.29, 0.717) is 12.8 Å². The zero-order valence-electron chi connectivity index (χ0n) is 9.84. The number of rotatable bonds is 2. The number of hydrogen-bond donors (Lipinski definition) is 2. The molecule has 0 radical (unpaired) electrons. The van der Waals surface area contributed by atoms with Gasteiger partial charge in [-0.05, 0) is 32.1 Å². The minimum atomic E-state index is -2.42. The van der Waals surface area contributed by atoms with Gasteiger partial charge in [0.15, 0.2) is 0 Å². The van der Waals surface area contributed by atoms with Crippen molar-refractivity contribution < 1.29 is 23.4 Å². The average Bonchev–Trinajstić information content (AvgIpc) is 2.66. The van der Waals surface area contributed by atoms with Crippen molar-refractivity contribution >= 4 is 17.2 Å². The van der Waals surface area contributed by atoms with Crippen LogP contribution in [0.1, 0.15) is 26.2 Å². The van der Waals surface area contributed by atoms with E-state index in [1.54, 1.807) is 6.92 Å². The molecule has 2 fully saturated rings. The molecule has 0 amide bonds. The van der Waals surface area contributed by atoms with Crippen molar-refractivity contribution in [2.45, 2.75) is 43.4 Å². The van der Waals surface area contributed by atoms with E-state index < -0.39 is 34.5 Å². The highest BCUT2D eigenvalue weighted by Gasteiger charge is 2.63. The van der Waals surface area contributed by atoms with E-state index in [1.165, 1.54) is 6.08 Å². The Morgan fingerprint density at radius 2 is 2.33 bits per heavy atom. The van der Waals surface area contributed by atoms with E-state index in [-0.39, 0.29) is 11.5 Å². The molecule has 1 aliphatic heterocycles. The molecule has 0 bridgehead atoms. The molecule has 18 heavy (non-hydrogen) atoms. The van der Waals surface area contributed by atoms with Gasteiger partial charge in [0.2, 0.25) is 0 Å². The normalized spacial score (nSPS) is 47.5. The van der Waals surface area contributed by atoms with Crippen LogP contribution in [0.15, 0.2) is 11.6 Å². The molecule has 0 aromatic carbocycles. The average molecular weight is 272 g/mol. The van der Waals surface area contributed by atoms with Gasteiger partial charge in [-0.15, -0.1) is 0 Å². The minimum Gasteiger partial charge on any atom is -0.760 e. The number of aliphatic hydroxyl groups is 1. The highest BCUT2D eigenvalue weighted by atomic mass is 32.2. The van der Waals surface area contributed by atoms with Gasteiger partial charge in [-0.1, -0.05) is 6.08 Å². The number of esters is 1. The fourth-order valence-corrected chi connectivity index (χ4v) is 4.06. The highest BCUT2D eigenvalue weighted by Crippen LogP contribution is 2.53. The van der Waals surface area contributed by atoms with E-state index in [9.17, 15) is 18.7 Å². The lowest BCUT2D eigenvalue weighted by molar-refractivity contribution is -0.140. The summed E-state index contributed by atoms with van der Waals surface area (Å²) < 4.78 is 29.2. The Bertz CT molecular complexity index is 478. The SMILES string of the molecule is C[C@]1(NS(=O)[O-])C=C2C(=O)O[C@@H]3CCC(C1)[C@]23O. The summed E-state index contributed by atoms with van der Waals surface area (Å²) in [7, 11) is 0. The maximum Gasteiger partial charge on any atom is 0.337 e. The van der Waals surface area contributed by atoms with Crippen LogP contribution in [0.2, 0.25) is 0 Å². The molecule has 0 aromatic heterocycles. The van der Waals surface area contributed by atoms with Gasteiger partial charge >= 0.3 is 5.97 Å². The summed E-state index contributed by atoms with van der Waals surface area (Å²) in [6, 6.07) is 0. The van der Waals surface area contributed by atoms with Gasteiger partial charge in [-0.2, -0.15) is 0 Å². The number of hydrogen-bond acceptors (Lipinski definition) is 5. The Labute approximate surface area is 107 Å². The summed E-state index contributed by atoms with van der Waals surface area (Å²) in [5.74, 6) is -0.674. The molecule has 5 atom stereocenters. The van der Waals surface area contributed by atoms with Crippen molar-refractivity contribution in [3.63, 3.8) is 0 Å². The van der Waals surface area contributed by atoms with E-state index >= 15 is 0 Å². The van der Waals surface area contributed by atoms with Gasteiger partial charge in [0, 0.05) is 16.8 Å². The lowest BCUT2D eigenvalue weighted by atomic mass is 9.71. The van der Waals surface area contributed by atoms with Gasteiger partial charge < -0.3 is 14.4 Å². The molecule has 1 saturated carbocycles. The Hall–Kier alpha value is -0.760. The van der Waals surface area contributed by atoms with Crippen LogP contribution in [0.4, 0.5) is 0 Å². The summed E-state index contributed by atoms with van der Waals surface area (Å²) in [6.07, 6.45) is 2.86. The first kappa shape index (κ1) is 12.3. The van der Waals surface area contributed by atoms with Crippen molar-refractivity contribution in [1.82, 2.24) is 4.72 Å². The van der Waals surface area contributed by atoms with Crippen LogP contribution in [0.25, 0.3) is 0 Å². The molecular weight excluding hydrogens is 258 g/mol. The second-order valence-electron chi connectivity index (χ2n) is 5.51. The van der Waals surface area contributed by atoms with Crippen LogP contribution in [0.5, 0.6) is 0 Å². The lowest BCUT2D eigenvalue weighted by Gasteiger charge is -2.41. The van der Waals surface area contributed by atoms with Gasteiger partial charge in [-0.3, -0.25) is 4.21 Å². The van der Waals surface area contributed by atoms with Crippen LogP contribution in [0.3, 0.4) is 0 Å². The van der Waals surface area contributed by atoms with Crippen molar-refractivity contribution in [2.75, 3.05) is 0 Å². The highest BCUT2D eigenvalue weighted by molar-refractivity contribution is 7.77. The maximum absolute atomic E-state index is 11.7. The molecule has 0 aromatic rings. The molecule has 2 unspecified atom stereocenters. The Morgan fingerprint density at radius 3 is 3.00 bits per heavy atom. The van der Waals surface area contributed by atoms with Crippen molar-refractivity contribution in [3.8, 4) is 0 Å². The second-order valence-corrected chi connectivity index (χ2v) is 6.18. The van der Waals surface area contributed by atoms with E-state index in [2.05, 4.69) is 4.72 Å². The quantitative estimate of drug-likeness (QED) is 0.523. The van der Waals surface area contributed by atoms with Crippen molar-refractivity contribution in [1.29, 1.82) is 0 Å². The topological polar surface area (TPSA) is 98.7 Å². The van der Waals surface area contributed by atoms with Gasteiger partial charge in [0.25, 0.3) is 0 Å². The molecule has 0 spiro atoms. The fourth-order valence-electron chi connectivity index (χ4n) is 3.54. The van der Waals surface area contributed by atoms with Gasteiger partial charge in [0.1, 0.15) is 11.7 Å². The van der Waals surface area contributed by atoms with Crippen LogP contribution in [-0.2, 0) is 20.8 Å². The number of nitrogens with one attached hydrogen (secondary N) is 1.